The molecular formula is C10H17N5O4. The van der Waals surface area contributed by atoms with E-state index in [2.05, 4.69) is 15.9 Å². The van der Waals surface area contributed by atoms with Crippen LogP contribution in [0.4, 0.5) is 0 Å². The van der Waals surface area contributed by atoms with Crippen LogP contribution in [-0.2, 0) is 4.74 Å². The highest BCUT2D eigenvalue weighted by Gasteiger charge is 2.36. The average Bonchev–Trinajstić information content (AvgIpc) is 2.77. The third-order valence-electron chi connectivity index (χ3n) is 3.14. The number of aliphatic hydroxyl groups excluding tert-OH is 1. The van der Waals surface area contributed by atoms with Gasteiger partial charge in [-0.05, 0) is 6.92 Å². The van der Waals surface area contributed by atoms with Gasteiger partial charge in [-0.15, -0.1) is 0 Å². The number of nitrogens with zero attached hydrogens (tertiary/aromatic N) is 1. The van der Waals surface area contributed by atoms with Gasteiger partial charge in [-0.1, -0.05) is 0 Å². The van der Waals surface area contributed by atoms with Gasteiger partial charge >= 0.3 is 5.69 Å². The van der Waals surface area contributed by atoms with Gasteiger partial charge in [0.15, 0.2) is 0 Å². The molecule has 0 radical (unpaired) electrons. The number of hydrogen-bond acceptors (Lipinski definition) is 7. The Morgan fingerprint density at radius 3 is 3.00 bits per heavy atom. The van der Waals surface area contributed by atoms with E-state index >= 15 is 0 Å². The van der Waals surface area contributed by atoms with Crippen molar-refractivity contribution in [2.24, 2.45) is 5.84 Å². The van der Waals surface area contributed by atoms with Crippen LogP contribution in [0.3, 0.4) is 0 Å². The first-order chi connectivity index (χ1) is 9.06. The van der Waals surface area contributed by atoms with E-state index in [0.717, 1.165) is 0 Å². The van der Waals surface area contributed by atoms with E-state index in [0.29, 0.717) is 12.0 Å². The fourth-order valence-corrected chi connectivity index (χ4v) is 2.13. The highest BCUT2D eigenvalue weighted by atomic mass is 16.5. The number of aromatic amines is 1. The summed E-state index contributed by atoms with van der Waals surface area (Å²) in [6.07, 6.45) is 0.825. The fourth-order valence-electron chi connectivity index (χ4n) is 2.13. The lowest BCUT2D eigenvalue weighted by molar-refractivity contribution is -0.0298. The van der Waals surface area contributed by atoms with Crippen molar-refractivity contribution in [1.82, 2.24) is 20.5 Å². The molecule has 0 spiro atoms. The second-order valence-corrected chi connectivity index (χ2v) is 4.42. The van der Waals surface area contributed by atoms with E-state index in [4.69, 9.17) is 10.6 Å². The zero-order valence-electron chi connectivity index (χ0n) is 10.4. The van der Waals surface area contributed by atoms with Gasteiger partial charge in [-0.25, -0.2) is 10.2 Å². The monoisotopic (exact) mass is 271 g/mol. The summed E-state index contributed by atoms with van der Waals surface area (Å²) in [5.74, 6) is 5.17. The lowest BCUT2D eigenvalue weighted by Crippen LogP contribution is -2.49. The number of nitrogens with two attached hydrogens (primary N) is 1. The molecule has 2 heterocycles. The predicted molar refractivity (Wildman–Crippen MR) is 65.9 cm³/mol. The smallest absolute Gasteiger partial charge is 0.330 e. The Hall–Kier alpha value is -1.52. The topological polar surface area (TPSA) is 134 Å². The summed E-state index contributed by atoms with van der Waals surface area (Å²) >= 11 is 0. The van der Waals surface area contributed by atoms with Gasteiger partial charge < -0.3 is 9.84 Å². The number of H-pyrrole nitrogens is 1. The van der Waals surface area contributed by atoms with Crippen LogP contribution in [0.15, 0.2) is 15.8 Å². The molecule has 1 aromatic rings. The predicted octanol–water partition coefficient (Wildman–Crippen LogP) is -2.54. The molecule has 6 N–H and O–H groups in total. The maximum atomic E-state index is 11.7. The summed E-state index contributed by atoms with van der Waals surface area (Å²) in [7, 11) is 0. The van der Waals surface area contributed by atoms with Gasteiger partial charge in [0.25, 0.3) is 5.56 Å². The zero-order chi connectivity index (χ0) is 14.0. The van der Waals surface area contributed by atoms with Crippen molar-refractivity contribution in [3.05, 3.63) is 32.6 Å². The fraction of sp³-hybridized carbons (Fsp3) is 0.600. The molecule has 1 aliphatic heterocycles. The highest BCUT2D eigenvalue weighted by molar-refractivity contribution is 5.02. The van der Waals surface area contributed by atoms with Crippen LogP contribution in [0.25, 0.3) is 0 Å². The molecule has 9 heteroatoms. The first kappa shape index (κ1) is 13.9. The summed E-state index contributed by atoms with van der Waals surface area (Å²) in [6, 6.07) is -0.237. The molecule has 0 amide bonds. The number of aliphatic hydroxyl groups is 1. The molecular weight excluding hydrogens is 254 g/mol. The third kappa shape index (κ3) is 2.74. The molecule has 19 heavy (non-hydrogen) atoms. The molecule has 106 valence electrons. The van der Waals surface area contributed by atoms with E-state index in [1.807, 2.05) is 0 Å². The van der Waals surface area contributed by atoms with Crippen molar-refractivity contribution in [2.45, 2.75) is 31.7 Å². The van der Waals surface area contributed by atoms with Crippen LogP contribution in [0.2, 0.25) is 0 Å². The van der Waals surface area contributed by atoms with Crippen LogP contribution in [0, 0.1) is 6.92 Å². The Balaban J connectivity index is 2.27. The first-order valence-corrected chi connectivity index (χ1v) is 5.86. The largest absolute Gasteiger partial charge is 0.394 e. The lowest BCUT2D eigenvalue weighted by Gasteiger charge is -2.16. The lowest BCUT2D eigenvalue weighted by atomic mass is 10.1. The van der Waals surface area contributed by atoms with Gasteiger partial charge in [-0.3, -0.25) is 20.2 Å². The summed E-state index contributed by atoms with van der Waals surface area (Å²) < 4.78 is 6.87. The number of hydrazine groups is 2. The van der Waals surface area contributed by atoms with E-state index in [9.17, 15) is 14.7 Å². The quantitative estimate of drug-likeness (QED) is 0.301. The normalized spacial score (nSPS) is 26.8. The van der Waals surface area contributed by atoms with Gasteiger partial charge in [0.1, 0.15) is 6.23 Å². The van der Waals surface area contributed by atoms with Crippen molar-refractivity contribution < 1.29 is 9.84 Å². The SMILES string of the molecule is Cc1cn([C@H]2C[C@@H](NNN)C(CO)O2)c(=O)[nH]c1=O. The summed E-state index contributed by atoms with van der Waals surface area (Å²) in [5, 5.41) is 9.22. The molecule has 2 rings (SSSR count). The highest BCUT2D eigenvalue weighted by Crippen LogP contribution is 2.26. The zero-order valence-corrected chi connectivity index (χ0v) is 10.4. The second-order valence-electron chi connectivity index (χ2n) is 4.42. The Bertz CT molecular complexity index is 554. The molecule has 1 unspecified atom stereocenters. The first-order valence-electron chi connectivity index (χ1n) is 5.86. The standard InChI is InChI=1S/C10H17N5O4/c1-5-3-15(10(18)12-9(5)17)8-2-6(13-14-11)7(4-16)19-8/h3,6-8,13-14,16H,2,4,11H2,1H3,(H,12,17,18)/t6-,7?,8-/m1/s1. The van der Waals surface area contributed by atoms with Crippen molar-refractivity contribution in [3.63, 3.8) is 0 Å². The van der Waals surface area contributed by atoms with Crippen LogP contribution in [-0.4, -0.2) is 33.4 Å². The van der Waals surface area contributed by atoms with E-state index in [-0.39, 0.29) is 12.6 Å². The third-order valence-corrected chi connectivity index (χ3v) is 3.14. The molecule has 0 saturated carbocycles. The van der Waals surface area contributed by atoms with E-state index in [1.165, 1.54) is 10.8 Å². The molecule has 0 aliphatic carbocycles. The molecule has 9 nitrogen and oxygen atoms in total. The summed E-state index contributed by atoms with van der Waals surface area (Å²) in [6.45, 7) is 1.40. The molecule has 1 fully saturated rings. The van der Waals surface area contributed by atoms with Crippen molar-refractivity contribution in [2.75, 3.05) is 6.61 Å². The minimum atomic E-state index is -0.564. The summed E-state index contributed by atoms with van der Waals surface area (Å²) in [4.78, 5) is 25.3. The molecule has 3 atom stereocenters. The molecule has 1 saturated heterocycles. The number of nitrogens with one attached hydrogen (secondary N) is 3. The van der Waals surface area contributed by atoms with Crippen LogP contribution in [0.1, 0.15) is 18.2 Å². The van der Waals surface area contributed by atoms with Gasteiger partial charge in [0.2, 0.25) is 0 Å². The maximum Gasteiger partial charge on any atom is 0.330 e. The van der Waals surface area contributed by atoms with Crippen molar-refractivity contribution in [3.8, 4) is 0 Å². The Morgan fingerprint density at radius 1 is 1.63 bits per heavy atom. The van der Waals surface area contributed by atoms with E-state index < -0.39 is 23.6 Å². The Labute approximate surface area is 108 Å². The molecule has 0 bridgehead atoms. The van der Waals surface area contributed by atoms with Crippen LogP contribution in [0.5, 0.6) is 0 Å². The van der Waals surface area contributed by atoms with Gasteiger partial charge in [-0.2, -0.15) is 5.53 Å². The Morgan fingerprint density at radius 2 is 2.37 bits per heavy atom. The van der Waals surface area contributed by atoms with E-state index in [1.54, 1.807) is 6.92 Å². The maximum absolute atomic E-state index is 11.7. The Kier molecular flexibility index (Phi) is 4.12. The average molecular weight is 271 g/mol. The minimum absolute atomic E-state index is 0.201. The number of aromatic nitrogens is 2. The summed E-state index contributed by atoms with van der Waals surface area (Å²) in [5.41, 5.74) is 4.49. The number of rotatable bonds is 4. The number of hydrogen-bond donors (Lipinski definition) is 5. The molecule has 1 aliphatic rings. The van der Waals surface area contributed by atoms with Crippen LogP contribution < -0.4 is 28.1 Å². The van der Waals surface area contributed by atoms with Crippen molar-refractivity contribution >= 4 is 0 Å². The number of aryl methyl sites for hydroxylation is 1. The molecule has 0 aromatic carbocycles. The van der Waals surface area contributed by atoms with Crippen molar-refractivity contribution in [1.29, 1.82) is 0 Å². The minimum Gasteiger partial charge on any atom is -0.394 e. The van der Waals surface area contributed by atoms with Gasteiger partial charge in [0.05, 0.1) is 18.8 Å². The molecule has 1 aromatic heterocycles. The van der Waals surface area contributed by atoms with Crippen LogP contribution >= 0.6 is 0 Å². The van der Waals surface area contributed by atoms with Gasteiger partial charge in [0, 0.05) is 18.2 Å². The second kappa shape index (κ2) is 5.63. The number of ether oxygens (including phenoxy) is 1.